The Hall–Kier alpha value is -0.970. The zero-order chi connectivity index (χ0) is 13.7. The molecule has 1 saturated carbocycles. The van der Waals surface area contributed by atoms with Crippen molar-refractivity contribution < 1.29 is 0 Å². The molecule has 1 aliphatic rings. The van der Waals surface area contributed by atoms with E-state index in [1.54, 1.807) is 17.0 Å². The molecular weight excluding hydrogens is 258 g/mol. The molecule has 1 N–H and O–H groups in total. The molecule has 106 valence electrons. The van der Waals surface area contributed by atoms with Crippen molar-refractivity contribution in [3.63, 3.8) is 0 Å². The van der Waals surface area contributed by atoms with Crippen LogP contribution in [0.3, 0.4) is 0 Å². The van der Waals surface area contributed by atoms with E-state index in [1.165, 1.54) is 12.8 Å². The summed E-state index contributed by atoms with van der Waals surface area (Å²) in [5.41, 5.74) is 0.0106. The number of rotatable bonds is 6. The van der Waals surface area contributed by atoms with E-state index in [4.69, 9.17) is 0 Å². The number of nitrogens with one attached hydrogen (secondary N) is 1. The molecule has 19 heavy (non-hydrogen) atoms. The molecule has 1 aromatic heterocycles. The van der Waals surface area contributed by atoms with Crippen LogP contribution < -0.4 is 10.9 Å². The van der Waals surface area contributed by atoms with Crippen molar-refractivity contribution in [3.8, 4) is 0 Å². The van der Waals surface area contributed by atoms with Gasteiger partial charge in [0.15, 0.2) is 5.82 Å². The Morgan fingerprint density at radius 3 is 3.05 bits per heavy atom. The molecule has 1 fully saturated rings. The lowest BCUT2D eigenvalue weighted by atomic mass is 10.2. The molecule has 2 rings (SSSR count). The van der Waals surface area contributed by atoms with Crippen LogP contribution in [0.25, 0.3) is 0 Å². The zero-order valence-corrected chi connectivity index (χ0v) is 12.6. The van der Waals surface area contributed by atoms with Crippen molar-refractivity contribution in [2.45, 2.75) is 57.4 Å². The van der Waals surface area contributed by atoms with Gasteiger partial charge in [0.1, 0.15) is 0 Å². The number of nitrogens with zero attached hydrogens (tertiary/aromatic N) is 2. The highest BCUT2D eigenvalue weighted by atomic mass is 32.2. The minimum Gasteiger partial charge on any atom is -0.362 e. The summed E-state index contributed by atoms with van der Waals surface area (Å²) >= 11 is 1.99. The van der Waals surface area contributed by atoms with Gasteiger partial charge in [-0.15, -0.1) is 0 Å². The molecule has 4 nitrogen and oxygen atoms in total. The van der Waals surface area contributed by atoms with Gasteiger partial charge in [0.2, 0.25) is 0 Å². The standard InChI is InChI=1S/C14H23N3OS/c1-3-9-17-10-8-15-13(14(17)18)16-11-6-5-7-12(11)19-4-2/h8,10-12H,3-7,9H2,1-2H3,(H,15,16). The molecule has 1 heterocycles. The van der Waals surface area contributed by atoms with Gasteiger partial charge in [-0.05, 0) is 25.0 Å². The van der Waals surface area contributed by atoms with E-state index in [2.05, 4.69) is 24.1 Å². The normalized spacial score (nSPS) is 22.6. The summed E-state index contributed by atoms with van der Waals surface area (Å²) in [4.78, 5) is 16.5. The number of aromatic nitrogens is 2. The van der Waals surface area contributed by atoms with Crippen LogP contribution in [0.5, 0.6) is 0 Å². The van der Waals surface area contributed by atoms with Gasteiger partial charge in [-0.25, -0.2) is 4.98 Å². The van der Waals surface area contributed by atoms with E-state index in [9.17, 15) is 4.79 Å². The van der Waals surface area contributed by atoms with Gasteiger partial charge in [0.05, 0.1) is 0 Å². The molecule has 5 heteroatoms. The van der Waals surface area contributed by atoms with E-state index < -0.39 is 0 Å². The van der Waals surface area contributed by atoms with Gasteiger partial charge < -0.3 is 9.88 Å². The van der Waals surface area contributed by atoms with Gasteiger partial charge in [0, 0.05) is 30.2 Å². The summed E-state index contributed by atoms with van der Waals surface area (Å²) in [6.07, 6.45) is 8.07. The SMILES string of the molecule is CCCn1ccnc(NC2CCCC2SCC)c1=O. The maximum absolute atomic E-state index is 12.2. The predicted octanol–water partition coefficient (Wildman–Crippen LogP) is 2.74. The van der Waals surface area contributed by atoms with Gasteiger partial charge in [-0.1, -0.05) is 20.3 Å². The average molecular weight is 281 g/mol. The first-order valence-corrected chi connectivity index (χ1v) is 8.24. The first kappa shape index (κ1) is 14.4. The van der Waals surface area contributed by atoms with Gasteiger partial charge in [-0.2, -0.15) is 11.8 Å². The van der Waals surface area contributed by atoms with Crippen molar-refractivity contribution in [1.29, 1.82) is 0 Å². The van der Waals surface area contributed by atoms with Crippen LogP contribution in [-0.2, 0) is 6.54 Å². The van der Waals surface area contributed by atoms with Crippen molar-refractivity contribution in [2.24, 2.45) is 0 Å². The molecule has 0 aromatic carbocycles. The van der Waals surface area contributed by atoms with Crippen LogP contribution in [0.15, 0.2) is 17.2 Å². The molecule has 1 aromatic rings. The highest BCUT2D eigenvalue weighted by molar-refractivity contribution is 7.99. The third kappa shape index (κ3) is 3.53. The van der Waals surface area contributed by atoms with Gasteiger partial charge in [-0.3, -0.25) is 4.79 Å². The summed E-state index contributed by atoms with van der Waals surface area (Å²) in [6, 6.07) is 0.391. The minimum atomic E-state index is 0.0106. The average Bonchev–Trinajstić information content (AvgIpc) is 2.82. The highest BCUT2D eigenvalue weighted by Crippen LogP contribution is 2.31. The first-order valence-electron chi connectivity index (χ1n) is 7.19. The van der Waals surface area contributed by atoms with Crippen LogP contribution in [0.2, 0.25) is 0 Å². The van der Waals surface area contributed by atoms with Crippen molar-refractivity contribution in [1.82, 2.24) is 9.55 Å². The number of hydrogen-bond acceptors (Lipinski definition) is 4. The molecule has 2 atom stereocenters. The van der Waals surface area contributed by atoms with Crippen LogP contribution in [0.4, 0.5) is 5.82 Å². The maximum Gasteiger partial charge on any atom is 0.293 e. The minimum absolute atomic E-state index is 0.0106. The lowest BCUT2D eigenvalue weighted by molar-refractivity contribution is 0.645. The quantitative estimate of drug-likeness (QED) is 0.871. The second kappa shape index (κ2) is 6.98. The van der Waals surface area contributed by atoms with Crippen molar-refractivity contribution in [3.05, 3.63) is 22.7 Å². The van der Waals surface area contributed by atoms with Crippen molar-refractivity contribution in [2.75, 3.05) is 11.1 Å². The Bertz CT molecular complexity index is 460. The third-order valence-corrected chi connectivity index (χ3v) is 4.86. The molecule has 0 saturated heterocycles. The summed E-state index contributed by atoms with van der Waals surface area (Å²) in [5, 5.41) is 3.99. The fourth-order valence-electron chi connectivity index (χ4n) is 2.64. The number of anilines is 1. The summed E-state index contributed by atoms with van der Waals surface area (Å²) in [5.74, 6) is 1.65. The van der Waals surface area contributed by atoms with Gasteiger partial charge in [0.25, 0.3) is 5.56 Å². The molecule has 0 bridgehead atoms. The Labute approximate surface area is 119 Å². The second-order valence-corrected chi connectivity index (χ2v) is 6.47. The summed E-state index contributed by atoms with van der Waals surface area (Å²) in [7, 11) is 0. The Morgan fingerprint density at radius 1 is 1.47 bits per heavy atom. The van der Waals surface area contributed by atoms with E-state index in [1.807, 2.05) is 11.8 Å². The highest BCUT2D eigenvalue weighted by Gasteiger charge is 2.27. The van der Waals surface area contributed by atoms with Crippen LogP contribution in [0.1, 0.15) is 39.5 Å². The molecule has 0 amide bonds. The first-order chi connectivity index (χ1) is 9.26. The molecule has 1 aliphatic carbocycles. The van der Waals surface area contributed by atoms with Crippen LogP contribution in [-0.4, -0.2) is 26.6 Å². The lowest BCUT2D eigenvalue weighted by Gasteiger charge is -2.20. The fourth-order valence-corrected chi connectivity index (χ4v) is 3.84. The van der Waals surface area contributed by atoms with Crippen LogP contribution in [0, 0.1) is 0 Å². The predicted molar refractivity (Wildman–Crippen MR) is 82.0 cm³/mol. The molecule has 2 unspecified atom stereocenters. The Kier molecular flexibility index (Phi) is 5.31. The molecule has 0 aliphatic heterocycles. The molecule has 0 radical (unpaired) electrons. The Morgan fingerprint density at radius 2 is 2.32 bits per heavy atom. The zero-order valence-electron chi connectivity index (χ0n) is 11.8. The molecule has 0 spiro atoms. The smallest absolute Gasteiger partial charge is 0.293 e. The maximum atomic E-state index is 12.2. The largest absolute Gasteiger partial charge is 0.362 e. The van der Waals surface area contributed by atoms with Crippen LogP contribution >= 0.6 is 11.8 Å². The summed E-state index contributed by atoms with van der Waals surface area (Å²) < 4.78 is 1.74. The fraction of sp³-hybridized carbons (Fsp3) is 0.714. The number of aryl methyl sites for hydroxylation is 1. The summed E-state index contributed by atoms with van der Waals surface area (Å²) in [6.45, 7) is 5.02. The van der Waals surface area contributed by atoms with Gasteiger partial charge >= 0.3 is 0 Å². The van der Waals surface area contributed by atoms with Crippen molar-refractivity contribution >= 4 is 17.6 Å². The Balaban J connectivity index is 2.10. The second-order valence-electron chi connectivity index (χ2n) is 4.95. The lowest BCUT2D eigenvalue weighted by Crippen LogP contribution is -2.32. The van der Waals surface area contributed by atoms with E-state index in [0.717, 1.165) is 25.1 Å². The monoisotopic (exact) mass is 281 g/mol. The number of hydrogen-bond donors (Lipinski definition) is 1. The van der Waals surface area contributed by atoms with E-state index in [0.29, 0.717) is 17.1 Å². The van der Waals surface area contributed by atoms with E-state index >= 15 is 0 Å². The third-order valence-electron chi connectivity index (χ3n) is 3.53. The van der Waals surface area contributed by atoms with E-state index in [-0.39, 0.29) is 5.56 Å². The number of thioether (sulfide) groups is 1. The molecular formula is C14H23N3OS. The topological polar surface area (TPSA) is 46.9 Å².